The summed E-state index contributed by atoms with van der Waals surface area (Å²) in [5.41, 5.74) is 3.69. The zero-order chi connectivity index (χ0) is 23.5. The zero-order valence-corrected chi connectivity index (χ0v) is 19.5. The largest absolute Gasteiger partial charge is 0.459 e. The molecule has 7 heteroatoms. The van der Waals surface area contributed by atoms with Crippen LogP contribution in [0.4, 0.5) is 5.69 Å². The van der Waals surface area contributed by atoms with Gasteiger partial charge in [0.25, 0.3) is 11.8 Å². The first-order valence-electron chi connectivity index (χ1n) is 12.0. The molecule has 0 bridgehead atoms. The van der Waals surface area contributed by atoms with E-state index in [0.29, 0.717) is 37.5 Å². The van der Waals surface area contributed by atoms with Gasteiger partial charge in [-0.1, -0.05) is 18.2 Å². The molecule has 2 saturated heterocycles. The van der Waals surface area contributed by atoms with E-state index in [9.17, 15) is 9.59 Å². The van der Waals surface area contributed by atoms with Crippen LogP contribution in [0.2, 0.25) is 0 Å². The molecular weight excluding hydrogens is 428 g/mol. The third kappa shape index (κ3) is 4.55. The third-order valence-corrected chi connectivity index (χ3v) is 6.88. The van der Waals surface area contributed by atoms with Crippen LogP contribution in [0.5, 0.6) is 0 Å². The Bertz CT molecular complexity index is 1130. The van der Waals surface area contributed by atoms with Gasteiger partial charge in [-0.25, -0.2) is 0 Å². The second-order valence-corrected chi connectivity index (χ2v) is 9.04. The Morgan fingerprint density at radius 3 is 2.21 bits per heavy atom. The van der Waals surface area contributed by atoms with E-state index >= 15 is 0 Å². The topological polar surface area (TPSA) is 69.9 Å². The lowest BCUT2D eigenvalue weighted by Crippen LogP contribution is -2.49. The van der Waals surface area contributed by atoms with E-state index in [-0.39, 0.29) is 17.7 Å². The summed E-state index contributed by atoms with van der Waals surface area (Å²) in [7, 11) is 0. The van der Waals surface area contributed by atoms with Gasteiger partial charge in [-0.2, -0.15) is 0 Å². The van der Waals surface area contributed by atoms with Crippen molar-refractivity contribution in [3.8, 4) is 0 Å². The second-order valence-electron chi connectivity index (χ2n) is 9.04. The van der Waals surface area contributed by atoms with Crippen molar-refractivity contribution in [2.75, 3.05) is 44.2 Å². The summed E-state index contributed by atoms with van der Waals surface area (Å²) in [6.45, 7) is 6.24. The number of aromatic nitrogens is 1. The standard InChI is InChI=1S/C27H30N4O3/c1-20-9-10-23(26(32)31-17-15-29(16-18-31)22-6-3-2-4-7-22)25(28-20)21-11-13-30(14-12-21)27(33)24-8-5-19-34-24/h2-10,19,21H,11-18H2,1H3. The molecule has 2 aliphatic rings. The van der Waals surface area contributed by atoms with Gasteiger partial charge in [-0.05, 0) is 56.2 Å². The smallest absolute Gasteiger partial charge is 0.289 e. The highest BCUT2D eigenvalue weighted by molar-refractivity contribution is 5.95. The van der Waals surface area contributed by atoms with Gasteiger partial charge in [0.05, 0.1) is 17.5 Å². The molecule has 0 atom stereocenters. The minimum absolute atomic E-state index is 0.0595. The monoisotopic (exact) mass is 458 g/mol. The summed E-state index contributed by atoms with van der Waals surface area (Å²) in [5.74, 6) is 0.514. The number of para-hydroxylation sites is 1. The van der Waals surface area contributed by atoms with E-state index in [1.54, 1.807) is 12.1 Å². The number of nitrogens with zero attached hydrogens (tertiary/aromatic N) is 4. The molecule has 2 amide bonds. The predicted molar refractivity (Wildman–Crippen MR) is 130 cm³/mol. The average molecular weight is 459 g/mol. The molecule has 2 fully saturated rings. The third-order valence-electron chi connectivity index (χ3n) is 6.88. The second kappa shape index (κ2) is 9.71. The van der Waals surface area contributed by atoms with Gasteiger partial charge in [-0.3, -0.25) is 14.6 Å². The number of piperazine rings is 1. The van der Waals surface area contributed by atoms with Crippen LogP contribution in [-0.4, -0.2) is 65.9 Å². The predicted octanol–water partition coefficient (Wildman–Crippen LogP) is 3.97. The highest BCUT2D eigenvalue weighted by atomic mass is 16.3. The molecule has 34 heavy (non-hydrogen) atoms. The number of benzene rings is 1. The molecule has 2 aliphatic heterocycles. The maximum atomic E-state index is 13.5. The van der Waals surface area contributed by atoms with Gasteiger partial charge in [0.1, 0.15) is 0 Å². The molecule has 0 radical (unpaired) electrons. The highest BCUT2D eigenvalue weighted by Gasteiger charge is 2.31. The van der Waals surface area contributed by atoms with Crippen molar-refractivity contribution in [3.05, 3.63) is 83.6 Å². The molecule has 1 aromatic carbocycles. The molecule has 3 aromatic rings. The van der Waals surface area contributed by atoms with Crippen molar-refractivity contribution in [2.45, 2.75) is 25.7 Å². The van der Waals surface area contributed by atoms with Crippen molar-refractivity contribution in [2.24, 2.45) is 0 Å². The van der Waals surface area contributed by atoms with Crippen LogP contribution in [0.15, 0.2) is 65.3 Å². The van der Waals surface area contributed by atoms with Crippen LogP contribution in [0.1, 0.15) is 51.1 Å². The van der Waals surface area contributed by atoms with E-state index in [1.807, 2.05) is 47.1 Å². The number of rotatable bonds is 4. The van der Waals surface area contributed by atoms with Crippen molar-refractivity contribution in [1.82, 2.24) is 14.8 Å². The number of pyridine rings is 1. The summed E-state index contributed by atoms with van der Waals surface area (Å²) in [6.07, 6.45) is 3.09. The molecule has 176 valence electrons. The summed E-state index contributed by atoms with van der Waals surface area (Å²) in [6, 6.07) is 17.6. The number of carbonyl (C=O) groups excluding carboxylic acids is 2. The summed E-state index contributed by atoms with van der Waals surface area (Å²) in [4.78, 5) is 37.1. The quantitative estimate of drug-likeness (QED) is 0.592. The lowest BCUT2D eigenvalue weighted by atomic mass is 9.89. The van der Waals surface area contributed by atoms with E-state index in [2.05, 4.69) is 17.0 Å². The summed E-state index contributed by atoms with van der Waals surface area (Å²) >= 11 is 0. The number of anilines is 1. The van der Waals surface area contributed by atoms with Gasteiger partial charge in [0.2, 0.25) is 0 Å². The molecule has 0 aliphatic carbocycles. The van der Waals surface area contributed by atoms with Gasteiger partial charge in [0, 0.05) is 56.6 Å². The van der Waals surface area contributed by atoms with Crippen molar-refractivity contribution in [1.29, 1.82) is 0 Å². The van der Waals surface area contributed by atoms with Crippen LogP contribution in [0.25, 0.3) is 0 Å². The minimum Gasteiger partial charge on any atom is -0.459 e. The first kappa shape index (κ1) is 22.2. The van der Waals surface area contributed by atoms with Crippen molar-refractivity contribution < 1.29 is 14.0 Å². The van der Waals surface area contributed by atoms with Gasteiger partial charge in [0.15, 0.2) is 5.76 Å². The van der Waals surface area contributed by atoms with Gasteiger partial charge in [-0.15, -0.1) is 0 Å². The fourth-order valence-corrected chi connectivity index (χ4v) is 4.96. The molecule has 0 N–H and O–H groups in total. The Hall–Kier alpha value is -3.61. The van der Waals surface area contributed by atoms with Gasteiger partial charge < -0.3 is 19.1 Å². The Morgan fingerprint density at radius 1 is 0.824 bits per heavy atom. The van der Waals surface area contributed by atoms with Crippen LogP contribution < -0.4 is 4.90 Å². The summed E-state index contributed by atoms with van der Waals surface area (Å²) in [5, 5.41) is 0. The fourth-order valence-electron chi connectivity index (χ4n) is 4.96. The van der Waals surface area contributed by atoms with Crippen LogP contribution >= 0.6 is 0 Å². The molecule has 7 nitrogen and oxygen atoms in total. The normalized spacial score (nSPS) is 17.1. The molecule has 4 heterocycles. The molecule has 0 spiro atoms. The molecular formula is C27H30N4O3. The van der Waals surface area contributed by atoms with E-state index in [1.165, 1.54) is 12.0 Å². The maximum absolute atomic E-state index is 13.5. The van der Waals surface area contributed by atoms with Gasteiger partial charge >= 0.3 is 0 Å². The summed E-state index contributed by atoms with van der Waals surface area (Å²) < 4.78 is 5.27. The first-order valence-corrected chi connectivity index (χ1v) is 12.0. The Kier molecular flexibility index (Phi) is 6.34. The number of hydrogen-bond donors (Lipinski definition) is 0. The molecule has 2 aromatic heterocycles. The maximum Gasteiger partial charge on any atom is 0.289 e. The number of piperidine rings is 1. The van der Waals surface area contributed by atoms with Crippen LogP contribution in [-0.2, 0) is 0 Å². The van der Waals surface area contributed by atoms with E-state index < -0.39 is 0 Å². The highest BCUT2D eigenvalue weighted by Crippen LogP contribution is 2.31. The number of likely N-dealkylation sites (tertiary alicyclic amines) is 1. The van der Waals surface area contributed by atoms with Crippen LogP contribution in [0.3, 0.4) is 0 Å². The number of furan rings is 1. The SMILES string of the molecule is Cc1ccc(C(=O)N2CCN(c3ccccc3)CC2)c(C2CCN(C(=O)c3ccco3)CC2)n1. The molecule has 0 unspecified atom stereocenters. The molecule has 5 rings (SSSR count). The van der Waals surface area contributed by atoms with Crippen LogP contribution in [0, 0.1) is 6.92 Å². The number of carbonyl (C=O) groups is 2. The first-order chi connectivity index (χ1) is 16.6. The lowest BCUT2D eigenvalue weighted by molar-refractivity contribution is 0.0674. The number of aryl methyl sites for hydroxylation is 1. The fraction of sp³-hybridized carbons (Fsp3) is 0.370. The number of hydrogen-bond acceptors (Lipinski definition) is 5. The molecule has 0 saturated carbocycles. The van der Waals surface area contributed by atoms with Crippen molar-refractivity contribution >= 4 is 17.5 Å². The van der Waals surface area contributed by atoms with Crippen molar-refractivity contribution in [3.63, 3.8) is 0 Å². The Balaban J connectivity index is 1.26. The minimum atomic E-state index is -0.0757. The average Bonchev–Trinajstić information content (AvgIpc) is 3.44. The number of amides is 2. The Labute approximate surface area is 200 Å². The zero-order valence-electron chi connectivity index (χ0n) is 19.5. The Morgan fingerprint density at radius 2 is 1.53 bits per heavy atom. The van der Waals surface area contributed by atoms with E-state index in [4.69, 9.17) is 9.40 Å². The lowest BCUT2D eigenvalue weighted by Gasteiger charge is -2.37. The van der Waals surface area contributed by atoms with E-state index in [0.717, 1.165) is 37.3 Å².